The van der Waals surface area contributed by atoms with E-state index in [2.05, 4.69) is 52.4 Å². The maximum absolute atomic E-state index is 6.16. The summed E-state index contributed by atoms with van der Waals surface area (Å²) < 4.78 is 1.02. The van der Waals surface area contributed by atoms with Crippen molar-refractivity contribution in [2.75, 3.05) is 5.32 Å². The molecule has 0 spiro atoms. The van der Waals surface area contributed by atoms with Gasteiger partial charge in [-0.15, -0.1) is 11.3 Å². The highest BCUT2D eigenvalue weighted by atomic mass is 79.9. The fourth-order valence-electron chi connectivity index (χ4n) is 1.69. The normalized spacial score (nSPS) is 11.7. The first-order chi connectivity index (χ1) is 9.27. The second-order valence-electron chi connectivity index (χ2n) is 5.81. The summed E-state index contributed by atoms with van der Waals surface area (Å²) in [4.78, 5) is 4.67. The lowest BCUT2D eigenvalue weighted by molar-refractivity contribution is 0.571. The first kappa shape index (κ1) is 15.8. The molecule has 5 heteroatoms. The Morgan fingerprint density at radius 3 is 2.65 bits per heavy atom. The third kappa shape index (κ3) is 3.74. The molecule has 0 aliphatic heterocycles. The number of thiazole rings is 1. The number of nitrogens with one attached hydrogen (secondary N) is 1. The van der Waals surface area contributed by atoms with Gasteiger partial charge in [0.2, 0.25) is 0 Å². The Kier molecular flexibility index (Phi) is 4.77. The molecular formula is C15H18BrClN2S. The highest BCUT2D eigenvalue weighted by Crippen LogP contribution is 2.30. The fourth-order valence-corrected chi connectivity index (χ4v) is 3.41. The monoisotopic (exact) mass is 372 g/mol. The van der Waals surface area contributed by atoms with Crippen LogP contribution >= 0.6 is 38.9 Å². The lowest BCUT2D eigenvalue weighted by Crippen LogP contribution is -2.12. The van der Waals surface area contributed by atoms with E-state index in [0.717, 1.165) is 31.4 Å². The standard InChI is InChI=1S/C15H18BrClN2S/c1-9-5-10(16)12(6-11(9)17)18-7-14-19-13(8-20-14)15(2,3)4/h5-6,8,18H,7H2,1-4H3. The molecule has 0 saturated heterocycles. The van der Waals surface area contributed by atoms with E-state index in [1.165, 1.54) is 0 Å². The van der Waals surface area contributed by atoms with Crippen LogP contribution in [0.25, 0.3) is 0 Å². The van der Waals surface area contributed by atoms with Gasteiger partial charge in [0.05, 0.1) is 17.9 Å². The van der Waals surface area contributed by atoms with E-state index in [9.17, 15) is 0 Å². The average molecular weight is 374 g/mol. The predicted octanol–water partition coefficient (Wildman–Crippen LogP) is 5.78. The summed E-state index contributed by atoms with van der Waals surface area (Å²) >= 11 is 11.4. The van der Waals surface area contributed by atoms with Crippen LogP contribution in [0.4, 0.5) is 5.69 Å². The second kappa shape index (κ2) is 6.04. The van der Waals surface area contributed by atoms with Gasteiger partial charge >= 0.3 is 0 Å². The Bertz CT molecular complexity index is 617. The molecule has 0 saturated carbocycles. The number of nitrogens with zero attached hydrogens (tertiary/aromatic N) is 1. The van der Waals surface area contributed by atoms with Gasteiger partial charge in [-0.3, -0.25) is 0 Å². The van der Waals surface area contributed by atoms with Crippen molar-refractivity contribution in [1.82, 2.24) is 4.98 Å². The number of benzene rings is 1. The van der Waals surface area contributed by atoms with Gasteiger partial charge in [0.25, 0.3) is 0 Å². The van der Waals surface area contributed by atoms with Gasteiger partial charge in [-0.25, -0.2) is 4.98 Å². The SMILES string of the molecule is Cc1cc(Br)c(NCc2nc(C(C)(C)C)cs2)cc1Cl. The number of anilines is 1. The zero-order chi connectivity index (χ0) is 14.9. The van der Waals surface area contributed by atoms with Crippen molar-refractivity contribution >= 4 is 44.6 Å². The van der Waals surface area contributed by atoms with Gasteiger partial charge in [0.1, 0.15) is 5.01 Å². The Balaban J connectivity index is 2.09. The molecule has 0 radical (unpaired) electrons. The van der Waals surface area contributed by atoms with Gasteiger partial charge in [-0.2, -0.15) is 0 Å². The van der Waals surface area contributed by atoms with Crippen LogP contribution in [0.1, 0.15) is 37.0 Å². The van der Waals surface area contributed by atoms with E-state index in [-0.39, 0.29) is 5.41 Å². The highest BCUT2D eigenvalue weighted by Gasteiger charge is 2.17. The average Bonchev–Trinajstić information content (AvgIpc) is 2.80. The van der Waals surface area contributed by atoms with E-state index in [1.807, 2.05) is 19.1 Å². The van der Waals surface area contributed by atoms with Crippen molar-refractivity contribution in [1.29, 1.82) is 0 Å². The third-order valence-corrected chi connectivity index (χ3v) is 4.91. The first-order valence-electron chi connectivity index (χ1n) is 6.42. The summed E-state index contributed by atoms with van der Waals surface area (Å²) in [7, 11) is 0. The van der Waals surface area contributed by atoms with E-state index < -0.39 is 0 Å². The minimum atomic E-state index is 0.0997. The zero-order valence-electron chi connectivity index (χ0n) is 12.1. The molecule has 108 valence electrons. The second-order valence-corrected chi connectivity index (χ2v) is 8.02. The molecule has 2 rings (SSSR count). The van der Waals surface area contributed by atoms with Crippen LogP contribution in [-0.2, 0) is 12.0 Å². The third-order valence-electron chi connectivity index (χ3n) is 3.00. The highest BCUT2D eigenvalue weighted by molar-refractivity contribution is 9.10. The quantitative estimate of drug-likeness (QED) is 0.738. The largest absolute Gasteiger partial charge is 0.378 e. The van der Waals surface area contributed by atoms with Crippen molar-refractivity contribution in [3.05, 3.63) is 43.3 Å². The van der Waals surface area contributed by atoms with Crippen LogP contribution in [0.5, 0.6) is 0 Å². The van der Waals surface area contributed by atoms with E-state index in [4.69, 9.17) is 11.6 Å². The summed E-state index contributed by atoms with van der Waals surface area (Å²) in [5.74, 6) is 0. The van der Waals surface area contributed by atoms with Gasteiger partial charge < -0.3 is 5.32 Å². The Morgan fingerprint density at radius 2 is 2.05 bits per heavy atom. The van der Waals surface area contributed by atoms with Crippen LogP contribution in [-0.4, -0.2) is 4.98 Å². The lowest BCUT2D eigenvalue weighted by atomic mass is 9.93. The molecule has 0 aliphatic carbocycles. The van der Waals surface area contributed by atoms with Crippen molar-refractivity contribution < 1.29 is 0 Å². The molecule has 2 aromatic rings. The maximum atomic E-state index is 6.16. The van der Waals surface area contributed by atoms with Crippen molar-refractivity contribution in [2.45, 2.75) is 39.7 Å². The molecule has 0 bridgehead atoms. The molecular weight excluding hydrogens is 356 g/mol. The number of rotatable bonds is 3. The maximum Gasteiger partial charge on any atom is 0.112 e. The molecule has 2 nitrogen and oxygen atoms in total. The van der Waals surface area contributed by atoms with Crippen molar-refractivity contribution in [3.63, 3.8) is 0 Å². The molecule has 0 amide bonds. The van der Waals surface area contributed by atoms with Crippen LogP contribution in [0.15, 0.2) is 22.0 Å². The Labute approximate surface area is 137 Å². The van der Waals surface area contributed by atoms with Gasteiger partial charge in [-0.1, -0.05) is 32.4 Å². The molecule has 0 aliphatic rings. The fraction of sp³-hybridized carbons (Fsp3) is 0.400. The van der Waals surface area contributed by atoms with E-state index in [0.29, 0.717) is 6.54 Å². The zero-order valence-corrected chi connectivity index (χ0v) is 15.2. The molecule has 20 heavy (non-hydrogen) atoms. The summed E-state index contributed by atoms with van der Waals surface area (Å²) in [6.07, 6.45) is 0. The smallest absolute Gasteiger partial charge is 0.112 e. The number of hydrogen-bond donors (Lipinski definition) is 1. The number of halogens is 2. The Morgan fingerprint density at radius 1 is 1.35 bits per heavy atom. The van der Waals surface area contributed by atoms with Gasteiger partial charge in [0.15, 0.2) is 0 Å². The first-order valence-corrected chi connectivity index (χ1v) is 8.47. The summed E-state index contributed by atoms with van der Waals surface area (Å²) in [6, 6.07) is 3.96. The van der Waals surface area contributed by atoms with Gasteiger partial charge in [0, 0.05) is 20.3 Å². The molecule has 1 heterocycles. The van der Waals surface area contributed by atoms with E-state index >= 15 is 0 Å². The lowest BCUT2D eigenvalue weighted by Gasteiger charge is -2.14. The van der Waals surface area contributed by atoms with Crippen LogP contribution in [0, 0.1) is 6.92 Å². The minimum absolute atomic E-state index is 0.0997. The van der Waals surface area contributed by atoms with Crippen molar-refractivity contribution in [3.8, 4) is 0 Å². The summed E-state index contributed by atoms with van der Waals surface area (Å²) in [5, 5.41) is 7.36. The Hall–Kier alpha value is -0.580. The number of aromatic nitrogens is 1. The molecule has 0 unspecified atom stereocenters. The molecule has 0 fully saturated rings. The molecule has 1 aromatic heterocycles. The number of hydrogen-bond acceptors (Lipinski definition) is 3. The van der Waals surface area contributed by atoms with Gasteiger partial charge in [-0.05, 0) is 40.5 Å². The number of aryl methyl sites for hydroxylation is 1. The van der Waals surface area contributed by atoms with Crippen molar-refractivity contribution in [2.24, 2.45) is 0 Å². The molecule has 0 atom stereocenters. The van der Waals surface area contributed by atoms with Crippen LogP contribution in [0.3, 0.4) is 0 Å². The van der Waals surface area contributed by atoms with Crippen LogP contribution in [0.2, 0.25) is 5.02 Å². The topological polar surface area (TPSA) is 24.9 Å². The molecule has 1 N–H and O–H groups in total. The minimum Gasteiger partial charge on any atom is -0.378 e. The van der Waals surface area contributed by atoms with E-state index in [1.54, 1.807) is 11.3 Å². The summed E-state index contributed by atoms with van der Waals surface area (Å²) in [6.45, 7) is 9.23. The summed E-state index contributed by atoms with van der Waals surface area (Å²) in [5.41, 5.74) is 3.30. The predicted molar refractivity (Wildman–Crippen MR) is 92.0 cm³/mol. The molecule has 1 aromatic carbocycles. The van der Waals surface area contributed by atoms with Crippen LogP contribution < -0.4 is 5.32 Å².